The molecule has 0 radical (unpaired) electrons. The van der Waals surface area contributed by atoms with Crippen molar-refractivity contribution in [2.45, 2.75) is 10.6 Å². The zero-order chi connectivity index (χ0) is 18.4. The van der Waals surface area contributed by atoms with Crippen LogP contribution in [0.15, 0.2) is 39.9 Å². The second kappa shape index (κ2) is 7.89. The Bertz CT molecular complexity index is 927. The van der Waals surface area contributed by atoms with E-state index in [-0.39, 0.29) is 16.2 Å². The monoisotopic (exact) mass is 379 g/mol. The molecule has 10 heteroatoms. The molecular weight excluding hydrogens is 366 g/mol. The van der Waals surface area contributed by atoms with Crippen LogP contribution in [0.5, 0.6) is 0 Å². The van der Waals surface area contributed by atoms with Crippen LogP contribution >= 0.6 is 11.3 Å². The van der Waals surface area contributed by atoms with E-state index in [2.05, 4.69) is 5.32 Å². The maximum absolute atomic E-state index is 11.8. The number of thiophene rings is 1. The van der Waals surface area contributed by atoms with Crippen molar-refractivity contribution in [2.75, 3.05) is 11.9 Å². The molecule has 3 N–H and O–H groups in total. The predicted octanol–water partition coefficient (Wildman–Crippen LogP) is 1.26. The fourth-order valence-electron chi connectivity index (χ4n) is 1.78. The van der Waals surface area contributed by atoms with Gasteiger partial charge in [0.1, 0.15) is 4.21 Å². The maximum atomic E-state index is 11.8. The molecule has 1 amide bonds. The fraction of sp³-hybridized carbons (Fsp3) is 0.133. The normalized spacial score (nSPS) is 10.7. The molecule has 8 nitrogen and oxygen atoms in total. The first kappa shape index (κ1) is 18.6. The Balaban J connectivity index is 1.88. The molecule has 1 heterocycles. The van der Waals surface area contributed by atoms with Gasteiger partial charge in [-0.05, 0) is 23.8 Å². The highest BCUT2D eigenvalue weighted by Gasteiger charge is 2.17. The van der Waals surface area contributed by atoms with Crippen molar-refractivity contribution in [1.29, 1.82) is 5.26 Å². The summed E-state index contributed by atoms with van der Waals surface area (Å²) in [6.07, 6.45) is 0.271. The molecule has 25 heavy (non-hydrogen) atoms. The lowest BCUT2D eigenvalue weighted by atomic mass is 10.1. The van der Waals surface area contributed by atoms with Crippen LogP contribution < -0.4 is 10.5 Å². The average molecular weight is 379 g/mol. The number of primary sulfonamides is 1. The quantitative estimate of drug-likeness (QED) is 0.724. The third kappa shape index (κ3) is 5.39. The molecule has 0 fully saturated rings. The Morgan fingerprint density at radius 3 is 2.52 bits per heavy atom. The Morgan fingerprint density at radius 1 is 1.28 bits per heavy atom. The number of hydrogen-bond acceptors (Lipinski definition) is 7. The lowest BCUT2D eigenvalue weighted by Gasteiger charge is -2.06. The first-order valence-electron chi connectivity index (χ1n) is 6.84. The van der Waals surface area contributed by atoms with Gasteiger partial charge in [0.05, 0.1) is 18.1 Å². The minimum absolute atomic E-state index is 0.00248. The van der Waals surface area contributed by atoms with Gasteiger partial charge in [0.25, 0.3) is 5.91 Å². The van der Waals surface area contributed by atoms with Crippen LogP contribution in [-0.4, -0.2) is 26.9 Å². The largest absolute Gasteiger partial charge is 0.452 e. The highest BCUT2D eigenvalue weighted by atomic mass is 32.2. The van der Waals surface area contributed by atoms with E-state index in [0.29, 0.717) is 5.69 Å². The van der Waals surface area contributed by atoms with Crippen molar-refractivity contribution in [2.24, 2.45) is 5.14 Å². The molecule has 0 bridgehead atoms. The summed E-state index contributed by atoms with van der Waals surface area (Å²) in [5.74, 6) is -1.38. The second-order valence-electron chi connectivity index (χ2n) is 4.86. The molecule has 130 valence electrons. The Morgan fingerprint density at radius 2 is 1.96 bits per heavy atom. The molecule has 0 saturated carbocycles. The van der Waals surface area contributed by atoms with Gasteiger partial charge >= 0.3 is 5.97 Å². The summed E-state index contributed by atoms with van der Waals surface area (Å²) in [5, 5.41) is 17.4. The smallest absolute Gasteiger partial charge is 0.339 e. The Labute approximate surface area is 147 Å². The number of hydrogen-bond donors (Lipinski definition) is 2. The number of carbonyl (C=O) groups excluding carboxylic acids is 2. The van der Waals surface area contributed by atoms with Gasteiger partial charge in [0.2, 0.25) is 10.0 Å². The lowest BCUT2D eigenvalue weighted by Crippen LogP contribution is -2.20. The number of carbonyl (C=O) groups is 2. The molecule has 0 spiro atoms. The molecule has 0 aliphatic heterocycles. The third-order valence-electron chi connectivity index (χ3n) is 2.95. The van der Waals surface area contributed by atoms with E-state index in [1.54, 1.807) is 24.3 Å². The molecule has 1 aromatic heterocycles. The van der Waals surface area contributed by atoms with Gasteiger partial charge in [0.15, 0.2) is 6.61 Å². The van der Waals surface area contributed by atoms with Crippen LogP contribution in [0.3, 0.4) is 0 Å². The lowest BCUT2D eigenvalue weighted by molar-refractivity contribution is -0.119. The molecule has 2 rings (SSSR count). The molecule has 0 saturated heterocycles. The van der Waals surface area contributed by atoms with Crippen LogP contribution in [0.2, 0.25) is 0 Å². The summed E-state index contributed by atoms with van der Waals surface area (Å²) < 4.78 is 27.0. The number of benzene rings is 1. The summed E-state index contributed by atoms with van der Waals surface area (Å²) in [5.41, 5.74) is 1.31. The average Bonchev–Trinajstić information content (AvgIpc) is 3.05. The number of amides is 1. The maximum Gasteiger partial charge on any atom is 0.339 e. The van der Waals surface area contributed by atoms with Crippen LogP contribution in [0.1, 0.15) is 15.9 Å². The molecule has 2 aromatic rings. The number of nitriles is 1. The first-order chi connectivity index (χ1) is 11.8. The summed E-state index contributed by atoms with van der Waals surface area (Å²) in [7, 11) is -3.88. The van der Waals surface area contributed by atoms with E-state index >= 15 is 0 Å². The number of nitrogens with one attached hydrogen (secondary N) is 1. The fourth-order valence-corrected chi connectivity index (χ4v) is 3.36. The summed E-state index contributed by atoms with van der Waals surface area (Å²) in [6, 6.07) is 9.76. The highest BCUT2D eigenvalue weighted by molar-refractivity contribution is 7.91. The number of sulfonamides is 1. The molecule has 0 atom stereocenters. The second-order valence-corrected chi connectivity index (χ2v) is 7.56. The van der Waals surface area contributed by atoms with Gasteiger partial charge in [-0.25, -0.2) is 18.4 Å². The van der Waals surface area contributed by atoms with E-state index in [4.69, 9.17) is 15.1 Å². The van der Waals surface area contributed by atoms with E-state index in [9.17, 15) is 18.0 Å². The third-order valence-corrected chi connectivity index (χ3v) is 5.33. The number of nitrogens with two attached hydrogens (primary N) is 1. The van der Waals surface area contributed by atoms with Gasteiger partial charge in [-0.2, -0.15) is 5.26 Å². The zero-order valence-corrected chi connectivity index (χ0v) is 14.4. The summed E-state index contributed by atoms with van der Waals surface area (Å²) >= 11 is 0.790. The van der Waals surface area contributed by atoms with Crippen molar-refractivity contribution in [3.8, 4) is 6.07 Å². The Hall–Kier alpha value is -2.74. The van der Waals surface area contributed by atoms with Gasteiger partial charge in [0, 0.05) is 11.1 Å². The molecule has 0 aliphatic rings. The standard InChI is InChI=1S/C15H13N3O5S2/c16-6-5-10-1-3-12(4-2-10)18-13(19)8-23-15(20)11-7-14(24-9-11)25(17,21)22/h1-4,7,9H,5,8H2,(H,18,19)(H2,17,21,22). The molecule has 1 aromatic carbocycles. The zero-order valence-electron chi connectivity index (χ0n) is 12.8. The molecular formula is C15H13N3O5S2. The van der Waals surface area contributed by atoms with Crippen molar-refractivity contribution < 1.29 is 22.7 Å². The number of nitrogens with zero attached hydrogens (tertiary/aromatic N) is 1. The van der Waals surface area contributed by atoms with E-state index in [1.165, 1.54) is 5.38 Å². The number of anilines is 1. The topological polar surface area (TPSA) is 139 Å². The SMILES string of the molecule is N#CCc1ccc(NC(=O)COC(=O)c2csc(S(N)(=O)=O)c2)cc1. The van der Waals surface area contributed by atoms with Crippen molar-refractivity contribution >= 4 is 38.9 Å². The molecule has 0 aliphatic carbocycles. The number of esters is 1. The van der Waals surface area contributed by atoms with Gasteiger partial charge < -0.3 is 10.1 Å². The van der Waals surface area contributed by atoms with Gasteiger partial charge in [-0.1, -0.05) is 12.1 Å². The van der Waals surface area contributed by atoms with Gasteiger partial charge in [-0.15, -0.1) is 11.3 Å². The van der Waals surface area contributed by atoms with Crippen molar-refractivity contribution in [3.05, 3.63) is 46.8 Å². The van der Waals surface area contributed by atoms with Gasteiger partial charge in [-0.3, -0.25) is 4.79 Å². The first-order valence-corrected chi connectivity index (χ1v) is 9.26. The van der Waals surface area contributed by atoms with Crippen molar-refractivity contribution in [3.63, 3.8) is 0 Å². The van der Waals surface area contributed by atoms with E-state index in [1.807, 2.05) is 6.07 Å². The Kier molecular flexibility index (Phi) is 5.87. The van der Waals surface area contributed by atoms with Crippen LogP contribution in [-0.2, 0) is 26.0 Å². The van der Waals surface area contributed by atoms with Crippen LogP contribution in [0, 0.1) is 11.3 Å². The van der Waals surface area contributed by atoms with E-state index in [0.717, 1.165) is 23.0 Å². The van der Waals surface area contributed by atoms with E-state index < -0.39 is 28.5 Å². The summed E-state index contributed by atoms with van der Waals surface area (Å²) in [6.45, 7) is -0.528. The number of ether oxygens (including phenoxy) is 1. The van der Waals surface area contributed by atoms with Crippen molar-refractivity contribution in [1.82, 2.24) is 0 Å². The van der Waals surface area contributed by atoms with Crippen LogP contribution in [0.4, 0.5) is 5.69 Å². The number of rotatable bonds is 6. The minimum atomic E-state index is -3.88. The predicted molar refractivity (Wildman–Crippen MR) is 90.4 cm³/mol. The molecule has 0 unspecified atom stereocenters. The highest BCUT2D eigenvalue weighted by Crippen LogP contribution is 2.19. The van der Waals surface area contributed by atoms with Crippen LogP contribution in [0.25, 0.3) is 0 Å². The summed E-state index contributed by atoms with van der Waals surface area (Å²) in [4.78, 5) is 23.6. The minimum Gasteiger partial charge on any atom is -0.452 e.